The number of rotatable bonds is 2. The van der Waals surface area contributed by atoms with Gasteiger partial charge < -0.3 is 0 Å². The van der Waals surface area contributed by atoms with Crippen LogP contribution in [0.1, 0.15) is 48.9 Å². The first kappa shape index (κ1) is 12.7. The highest BCUT2D eigenvalue weighted by atomic mass is 79.9. The Bertz CT molecular complexity index is 509. The second kappa shape index (κ2) is 5.75. The minimum Gasteiger partial charge on any atom is -0.143 e. The number of hydrogen-bond donors (Lipinski definition) is 0. The molecule has 18 heavy (non-hydrogen) atoms. The van der Waals surface area contributed by atoms with E-state index in [1.165, 1.54) is 54.2 Å². The maximum atomic E-state index is 3.99. The molecule has 1 atom stereocenters. The van der Waals surface area contributed by atoms with E-state index >= 15 is 0 Å². The topological polar surface area (TPSA) is 0 Å². The fourth-order valence-electron chi connectivity index (χ4n) is 3.07. The molecule has 1 aromatic heterocycles. The van der Waals surface area contributed by atoms with Gasteiger partial charge in [0.15, 0.2) is 0 Å². The Morgan fingerprint density at radius 3 is 2.56 bits per heavy atom. The van der Waals surface area contributed by atoms with Crippen molar-refractivity contribution >= 4 is 37.4 Å². The van der Waals surface area contributed by atoms with E-state index in [4.69, 9.17) is 0 Å². The molecule has 0 nitrogen and oxygen atoms in total. The number of fused-ring (bicyclic) bond motifs is 1. The highest BCUT2D eigenvalue weighted by Crippen LogP contribution is 2.43. The Hall–Kier alpha value is -0.340. The second-order valence-corrected chi connectivity index (χ2v) is 7.24. The largest absolute Gasteiger partial charge is 0.143 e. The van der Waals surface area contributed by atoms with Crippen molar-refractivity contribution in [1.29, 1.82) is 0 Å². The Morgan fingerprint density at radius 2 is 1.78 bits per heavy atom. The van der Waals surface area contributed by atoms with Gasteiger partial charge >= 0.3 is 0 Å². The summed E-state index contributed by atoms with van der Waals surface area (Å²) in [6, 6.07) is 8.80. The summed E-state index contributed by atoms with van der Waals surface area (Å²) < 4.78 is 1.42. The second-order valence-electron chi connectivity index (χ2n) is 5.34. The van der Waals surface area contributed by atoms with Crippen LogP contribution in [0.5, 0.6) is 0 Å². The lowest BCUT2D eigenvalue weighted by Crippen LogP contribution is -2.06. The summed E-state index contributed by atoms with van der Waals surface area (Å²) in [4.78, 5) is 0.548. The van der Waals surface area contributed by atoms with Gasteiger partial charge in [0.25, 0.3) is 0 Å². The molecule has 0 amide bonds. The van der Waals surface area contributed by atoms with Crippen molar-refractivity contribution in [2.45, 2.75) is 43.4 Å². The van der Waals surface area contributed by atoms with E-state index in [1.54, 1.807) is 0 Å². The third-order valence-corrected chi connectivity index (χ3v) is 6.34. The normalized spacial score (nSPS) is 19.8. The van der Waals surface area contributed by atoms with Gasteiger partial charge in [0.2, 0.25) is 0 Å². The van der Waals surface area contributed by atoms with Crippen molar-refractivity contribution in [2.75, 3.05) is 0 Å². The van der Waals surface area contributed by atoms with Crippen molar-refractivity contribution < 1.29 is 0 Å². The molecule has 0 spiro atoms. The summed E-state index contributed by atoms with van der Waals surface area (Å²) in [7, 11) is 0. The molecule has 0 bridgehead atoms. The first-order valence-corrected chi connectivity index (χ1v) is 8.76. The van der Waals surface area contributed by atoms with Gasteiger partial charge in [0.05, 0.1) is 0 Å². The summed E-state index contributed by atoms with van der Waals surface area (Å²) in [5.41, 5.74) is 1.52. The lowest BCUT2D eigenvalue weighted by Gasteiger charge is -2.20. The number of hydrogen-bond acceptors (Lipinski definition) is 1. The molecule has 96 valence electrons. The van der Waals surface area contributed by atoms with E-state index < -0.39 is 0 Å². The van der Waals surface area contributed by atoms with Gasteiger partial charge in [-0.25, -0.2) is 0 Å². The highest BCUT2D eigenvalue weighted by molar-refractivity contribution is 9.09. The van der Waals surface area contributed by atoms with Crippen molar-refractivity contribution in [3.8, 4) is 0 Å². The Morgan fingerprint density at radius 1 is 1.06 bits per heavy atom. The predicted molar refractivity (Wildman–Crippen MR) is 84.7 cm³/mol. The lowest BCUT2D eigenvalue weighted by atomic mass is 9.92. The molecule has 0 radical (unpaired) electrons. The summed E-state index contributed by atoms with van der Waals surface area (Å²) in [6.07, 6.45) is 8.46. The highest BCUT2D eigenvalue weighted by Gasteiger charge is 2.23. The number of thiophene rings is 1. The molecule has 1 aliphatic carbocycles. The fourth-order valence-corrected chi connectivity index (χ4v) is 5.15. The van der Waals surface area contributed by atoms with Gasteiger partial charge in [0, 0.05) is 9.53 Å². The van der Waals surface area contributed by atoms with Crippen molar-refractivity contribution in [3.05, 3.63) is 35.2 Å². The number of benzene rings is 1. The van der Waals surface area contributed by atoms with E-state index in [1.807, 2.05) is 11.3 Å². The van der Waals surface area contributed by atoms with Crippen LogP contribution in [0.15, 0.2) is 29.6 Å². The summed E-state index contributed by atoms with van der Waals surface area (Å²) in [6.45, 7) is 0. The van der Waals surface area contributed by atoms with E-state index in [-0.39, 0.29) is 0 Å². The smallest absolute Gasteiger partial charge is 0.0437 e. The summed E-state index contributed by atoms with van der Waals surface area (Å²) in [5.74, 6) is 0.825. The van der Waals surface area contributed by atoms with Gasteiger partial charge in [-0.15, -0.1) is 11.3 Å². The van der Waals surface area contributed by atoms with Crippen LogP contribution in [0, 0.1) is 5.92 Å². The molecular weight excluding hydrogens is 304 g/mol. The Labute approximate surface area is 122 Å². The molecular formula is C16H19BrS. The predicted octanol–water partition coefficient (Wildman–Crippen LogP) is 6.31. The lowest BCUT2D eigenvalue weighted by molar-refractivity contribution is 0.456. The van der Waals surface area contributed by atoms with Crippen LogP contribution < -0.4 is 0 Å². The third kappa shape index (κ3) is 2.50. The van der Waals surface area contributed by atoms with Crippen molar-refractivity contribution in [3.63, 3.8) is 0 Å². The number of alkyl halides is 1. The zero-order valence-electron chi connectivity index (χ0n) is 10.6. The molecule has 1 unspecified atom stereocenters. The number of halogens is 1. The standard InChI is InChI=1S/C16H19BrS/c17-16(12-7-3-1-2-4-8-12)14-11-18-15-10-6-5-9-13(14)15/h5-6,9-12,16H,1-4,7-8H2. The maximum absolute atomic E-state index is 3.99. The van der Waals surface area contributed by atoms with Crippen LogP contribution in [0.25, 0.3) is 10.1 Å². The molecule has 1 saturated carbocycles. The van der Waals surface area contributed by atoms with Crippen LogP contribution >= 0.6 is 27.3 Å². The van der Waals surface area contributed by atoms with Crippen LogP contribution in [0.2, 0.25) is 0 Å². The zero-order valence-corrected chi connectivity index (χ0v) is 13.0. The SMILES string of the molecule is BrC(c1csc2ccccc12)C1CCCCCC1. The van der Waals surface area contributed by atoms with E-state index in [0.29, 0.717) is 4.83 Å². The van der Waals surface area contributed by atoms with Crippen LogP contribution in [-0.4, -0.2) is 0 Å². The quantitative estimate of drug-likeness (QED) is 0.449. The Kier molecular flexibility index (Phi) is 4.05. The maximum Gasteiger partial charge on any atom is 0.0437 e. The van der Waals surface area contributed by atoms with E-state index in [9.17, 15) is 0 Å². The van der Waals surface area contributed by atoms with Crippen LogP contribution in [0.3, 0.4) is 0 Å². The first-order valence-electron chi connectivity index (χ1n) is 6.96. The van der Waals surface area contributed by atoms with Gasteiger partial charge in [-0.2, -0.15) is 0 Å². The monoisotopic (exact) mass is 322 g/mol. The Balaban J connectivity index is 1.88. The molecule has 0 aliphatic heterocycles. The summed E-state index contributed by atoms with van der Waals surface area (Å²) >= 11 is 5.87. The molecule has 1 heterocycles. The third-order valence-electron chi connectivity index (χ3n) is 4.12. The molecule has 1 fully saturated rings. The van der Waals surface area contributed by atoms with Crippen LogP contribution in [-0.2, 0) is 0 Å². The van der Waals surface area contributed by atoms with Gasteiger partial charge in [-0.1, -0.05) is 59.8 Å². The molecule has 1 aliphatic rings. The van der Waals surface area contributed by atoms with Gasteiger partial charge in [0.1, 0.15) is 0 Å². The van der Waals surface area contributed by atoms with E-state index in [0.717, 1.165) is 5.92 Å². The average Bonchev–Trinajstić information content (AvgIpc) is 2.65. The molecule has 1 aromatic carbocycles. The van der Waals surface area contributed by atoms with Crippen molar-refractivity contribution in [2.24, 2.45) is 5.92 Å². The minimum atomic E-state index is 0.548. The minimum absolute atomic E-state index is 0.548. The van der Waals surface area contributed by atoms with E-state index in [2.05, 4.69) is 45.6 Å². The first-order chi connectivity index (χ1) is 8.86. The molecule has 2 aromatic rings. The molecule has 0 saturated heterocycles. The molecule has 3 rings (SSSR count). The van der Waals surface area contributed by atoms with Crippen LogP contribution in [0.4, 0.5) is 0 Å². The van der Waals surface area contributed by atoms with Gasteiger partial charge in [-0.05, 0) is 41.2 Å². The fraction of sp³-hybridized carbons (Fsp3) is 0.500. The zero-order chi connectivity index (χ0) is 12.4. The van der Waals surface area contributed by atoms with Crippen molar-refractivity contribution in [1.82, 2.24) is 0 Å². The molecule has 0 N–H and O–H groups in total. The average molecular weight is 323 g/mol. The summed E-state index contributed by atoms with van der Waals surface area (Å²) in [5, 5.41) is 3.81. The molecule has 2 heteroatoms. The van der Waals surface area contributed by atoms with Gasteiger partial charge in [-0.3, -0.25) is 0 Å².